The van der Waals surface area contributed by atoms with Gasteiger partial charge in [0.15, 0.2) is 0 Å². The molecule has 4 aromatic rings. The molecule has 2 amide bonds. The molecule has 2 fully saturated rings. The molecule has 4 heterocycles. The Morgan fingerprint density at radius 2 is 1.63 bits per heavy atom. The Bertz CT molecular complexity index is 1900. The van der Waals surface area contributed by atoms with E-state index in [1.165, 1.54) is 18.9 Å². The topological polar surface area (TPSA) is 118 Å². The van der Waals surface area contributed by atoms with Crippen LogP contribution in [0.1, 0.15) is 30.9 Å². The summed E-state index contributed by atoms with van der Waals surface area (Å²) < 4.78 is 16.9. The Labute approximate surface area is 307 Å². The number of rotatable bonds is 10. The molecule has 2 saturated heterocycles. The summed E-state index contributed by atoms with van der Waals surface area (Å²) in [5.41, 5.74) is 5.76. The van der Waals surface area contributed by atoms with E-state index in [0.29, 0.717) is 75.5 Å². The Morgan fingerprint density at radius 1 is 0.922 bits per heavy atom. The highest BCUT2D eigenvalue weighted by Gasteiger charge is 2.30. The third-order valence-corrected chi connectivity index (χ3v) is 10.4. The summed E-state index contributed by atoms with van der Waals surface area (Å²) in [7, 11) is 3.17. The highest BCUT2D eigenvalue weighted by Crippen LogP contribution is 2.42. The SMILES string of the molecule is COc1cc(-c2nccc(-c3cccc(-c4ccc(CN(C(=O)O)C5CCN(C(C)=O)CC5)c(OC)n4)c3Cl)c2Cl)ccc1CN1CCOCC1. The quantitative estimate of drug-likeness (QED) is 0.182. The van der Waals surface area contributed by atoms with Crippen LogP contribution in [0.25, 0.3) is 33.6 Å². The average Bonchev–Trinajstić information content (AvgIpc) is 3.15. The van der Waals surface area contributed by atoms with Crippen LogP contribution in [0.4, 0.5) is 4.79 Å². The number of benzene rings is 2. The van der Waals surface area contributed by atoms with Crippen LogP contribution in [0, 0.1) is 0 Å². The number of hydrogen-bond acceptors (Lipinski definition) is 8. The zero-order chi connectivity index (χ0) is 36.1. The molecule has 11 nitrogen and oxygen atoms in total. The highest BCUT2D eigenvalue weighted by atomic mass is 35.5. The number of carbonyl (C=O) groups is 2. The number of aromatic nitrogens is 2. The standard InChI is InChI=1S/C38H41Cl2N5O6/c1-24(46)44-15-12-28(13-16-44)45(38(47)48)23-27-9-10-32(42-37(27)50-3)31-6-4-5-29(34(31)39)30-11-14-41-36(35(30)40)25-7-8-26(33(21-25)49-2)22-43-17-19-51-20-18-43/h4-11,14,21,28H,12-13,15-20,22-23H2,1-3H3,(H,47,48). The van der Waals surface area contributed by atoms with Crippen LogP contribution in [-0.2, 0) is 22.6 Å². The van der Waals surface area contributed by atoms with Gasteiger partial charge in [-0.1, -0.05) is 53.5 Å². The Hall–Kier alpha value is -4.42. The third kappa shape index (κ3) is 8.07. The summed E-state index contributed by atoms with van der Waals surface area (Å²) >= 11 is 14.2. The molecule has 268 valence electrons. The zero-order valence-electron chi connectivity index (χ0n) is 28.9. The molecular formula is C38H41Cl2N5O6. The van der Waals surface area contributed by atoms with Gasteiger partial charge in [-0.15, -0.1) is 0 Å². The van der Waals surface area contributed by atoms with Crippen molar-refractivity contribution in [3.8, 4) is 45.3 Å². The molecule has 0 unspecified atom stereocenters. The third-order valence-electron chi connectivity index (χ3n) is 9.58. The first-order chi connectivity index (χ1) is 24.7. The monoisotopic (exact) mass is 733 g/mol. The molecule has 2 aliphatic rings. The van der Waals surface area contributed by atoms with Gasteiger partial charge in [0.2, 0.25) is 11.8 Å². The first kappa shape index (κ1) is 36.4. The van der Waals surface area contributed by atoms with Crippen molar-refractivity contribution in [1.82, 2.24) is 24.7 Å². The number of carboxylic acid groups (broad SMARTS) is 1. The van der Waals surface area contributed by atoms with E-state index in [2.05, 4.69) is 16.0 Å². The molecule has 13 heteroatoms. The van der Waals surface area contributed by atoms with Gasteiger partial charge in [0.05, 0.1) is 55.4 Å². The minimum absolute atomic E-state index is 0.00297. The lowest BCUT2D eigenvalue weighted by molar-refractivity contribution is -0.130. The zero-order valence-corrected chi connectivity index (χ0v) is 30.4. The Balaban J connectivity index is 1.26. The van der Waals surface area contributed by atoms with Crippen LogP contribution in [0.15, 0.2) is 60.8 Å². The molecule has 0 aliphatic carbocycles. The second-order valence-electron chi connectivity index (χ2n) is 12.6. The van der Waals surface area contributed by atoms with E-state index in [9.17, 15) is 14.7 Å². The number of carbonyl (C=O) groups excluding carboxylic acids is 1. The molecule has 0 bridgehead atoms. The number of methoxy groups -OCH3 is 2. The largest absolute Gasteiger partial charge is 0.496 e. The number of ether oxygens (including phenoxy) is 3. The summed E-state index contributed by atoms with van der Waals surface area (Å²) in [5.74, 6) is 1.06. The lowest BCUT2D eigenvalue weighted by Gasteiger charge is -2.37. The van der Waals surface area contributed by atoms with Crippen LogP contribution >= 0.6 is 23.2 Å². The lowest BCUT2D eigenvalue weighted by Crippen LogP contribution is -2.47. The maximum atomic E-state index is 12.3. The fourth-order valence-electron chi connectivity index (χ4n) is 6.76. The van der Waals surface area contributed by atoms with Gasteiger partial charge in [-0.05, 0) is 37.1 Å². The van der Waals surface area contributed by atoms with E-state index in [1.807, 2.05) is 48.5 Å². The fraction of sp³-hybridized carbons (Fsp3) is 0.368. The van der Waals surface area contributed by atoms with Gasteiger partial charge >= 0.3 is 6.09 Å². The number of halogens is 2. The van der Waals surface area contributed by atoms with Gasteiger partial charge in [-0.25, -0.2) is 9.78 Å². The number of morpholine rings is 1. The normalized spacial score (nSPS) is 15.4. The number of nitrogens with zero attached hydrogens (tertiary/aromatic N) is 5. The van der Waals surface area contributed by atoms with Crippen molar-refractivity contribution in [2.75, 3.05) is 53.6 Å². The smallest absolute Gasteiger partial charge is 0.407 e. The maximum Gasteiger partial charge on any atom is 0.407 e. The lowest BCUT2D eigenvalue weighted by atomic mass is 9.99. The Kier molecular flexibility index (Phi) is 11.6. The van der Waals surface area contributed by atoms with Gasteiger partial charge in [0.1, 0.15) is 5.75 Å². The maximum absolute atomic E-state index is 12.3. The van der Waals surface area contributed by atoms with Crippen LogP contribution < -0.4 is 9.47 Å². The van der Waals surface area contributed by atoms with Crippen molar-refractivity contribution in [3.05, 3.63) is 82.0 Å². The number of hydrogen-bond donors (Lipinski definition) is 1. The summed E-state index contributed by atoms with van der Waals surface area (Å²) in [6.07, 6.45) is 1.81. The molecule has 51 heavy (non-hydrogen) atoms. The second kappa shape index (κ2) is 16.3. The van der Waals surface area contributed by atoms with Gasteiger partial charge < -0.3 is 29.1 Å². The molecule has 2 aliphatic heterocycles. The fourth-order valence-corrected chi connectivity index (χ4v) is 7.41. The van der Waals surface area contributed by atoms with E-state index >= 15 is 0 Å². The molecule has 1 N–H and O–H groups in total. The van der Waals surface area contributed by atoms with Crippen molar-refractivity contribution in [1.29, 1.82) is 0 Å². The van der Waals surface area contributed by atoms with E-state index in [1.54, 1.807) is 18.2 Å². The van der Waals surface area contributed by atoms with Crippen molar-refractivity contribution in [3.63, 3.8) is 0 Å². The van der Waals surface area contributed by atoms with Crippen LogP contribution in [-0.4, -0.2) is 101 Å². The molecule has 2 aromatic carbocycles. The van der Waals surface area contributed by atoms with E-state index in [4.69, 9.17) is 42.4 Å². The predicted octanol–water partition coefficient (Wildman–Crippen LogP) is 7.12. The second-order valence-corrected chi connectivity index (χ2v) is 13.4. The van der Waals surface area contributed by atoms with E-state index in [0.717, 1.165) is 49.7 Å². The first-order valence-corrected chi connectivity index (χ1v) is 17.6. The first-order valence-electron chi connectivity index (χ1n) is 16.9. The molecule has 0 radical (unpaired) electrons. The van der Waals surface area contributed by atoms with Crippen molar-refractivity contribution in [2.24, 2.45) is 0 Å². The summed E-state index contributed by atoms with van der Waals surface area (Å²) in [6, 6.07) is 16.9. The summed E-state index contributed by atoms with van der Waals surface area (Å²) in [6.45, 7) is 6.62. The minimum Gasteiger partial charge on any atom is -0.496 e. The number of likely N-dealkylation sites (tertiary alicyclic amines) is 1. The highest BCUT2D eigenvalue weighted by molar-refractivity contribution is 6.39. The summed E-state index contributed by atoms with van der Waals surface area (Å²) in [4.78, 5) is 39.0. The van der Waals surface area contributed by atoms with E-state index in [-0.39, 0.29) is 18.5 Å². The van der Waals surface area contributed by atoms with Gasteiger partial charge in [0.25, 0.3) is 0 Å². The van der Waals surface area contributed by atoms with E-state index < -0.39 is 6.09 Å². The van der Waals surface area contributed by atoms with Crippen LogP contribution in [0.5, 0.6) is 11.6 Å². The molecule has 0 saturated carbocycles. The van der Waals surface area contributed by atoms with Crippen molar-refractivity contribution < 1.29 is 28.9 Å². The molecular weight excluding hydrogens is 693 g/mol. The van der Waals surface area contributed by atoms with Crippen LogP contribution in [0.3, 0.4) is 0 Å². The number of amides is 2. The van der Waals surface area contributed by atoms with Gasteiger partial charge in [-0.3, -0.25) is 14.7 Å². The molecule has 2 aromatic heterocycles. The minimum atomic E-state index is -1.03. The van der Waals surface area contributed by atoms with Gasteiger partial charge in [-0.2, -0.15) is 0 Å². The number of pyridine rings is 2. The Morgan fingerprint density at radius 3 is 2.31 bits per heavy atom. The van der Waals surface area contributed by atoms with Crippen molar-refractivity contribution in [2.45, 2.75) is 38.9 Å². The van der Waals surface area contributed by atoms with Gasteiger partial charge in [0, 0.05) is 85.3 Å². The number of piperidine rings is 1. The summed E-state index contributed by atoms with van der Waals surface area (Å²) in [5, 5.41) is 11.0. The van der Waals surface area contributed by atoms with Crippen LogP contribution in [0.2, 0.25) is 10.0 Å². The molecule has 6 rings (SSSR count). The predicted molar refractivity (Wildman–Crippen MR) is 196 cm³/mol. The molecule has 0 atom stereocenters. The van der Waals surface area contributed by atoms with Crippen molar-refractivity contribution >= 4 is 35.2 Å². The average molecular weight is 735 g/mol. The molecule has 0 spiro atoms.